The fourth-order valence-corrected chi connectivity index (χ4v) is 3.91. The topological polar surface area (TPSA) is 96.9 Å². The minimum Gasteiger partial charge on any atom is -0.480 e. The van der Waals surface area contributed by atoms with Crippen molar-refractivity contribution >= 4 is 27.6 Å². The number of piperazine rings is 1. The molecule has 0 atom stereocenters. The number of H-pyrrole nitrogens is 2. The lowest BCUT2D eigenvalue weighted by molar-refractivity contribution is 0.313. The van der Waals surface area contributed by atoms with Crippen LogP contribution in [0.5, 0.6) is 5.88 Å². The lowest BCUT2D eigenvalue weighted by Crippen LogP contribution is -2.44. The number of ether oxygens (including phenoxy) is 1. The van der Waals surface area contributed by atoms with Crippen LogP contribution in [0.25, 0.3) is 33.3 Å². The van der Waals surface area contributed by atoms with Gasteiger partial charge in [0.25, 0.3) is 0 Å². The van der Waals surface area contributed by atoms with E-state index in [-0.39, 0.29) is 0 Å². The van der Waals surface area contributed by atoms with Crippen LogP contribution in [0.2, 0.25) is 0 Å². The molecule has 4 aromatic rings. The van der Waals surface area contributed by atoms with E-state index in [1.54, 1.807) is 19.5 Å². The van der Waals surface area contributed by atoms with Gasteiger partial charge in [-0.25, -0.2) is 9.97 Å². The molecule has 8 heteroatoms. The van der Waals surface area contributed by atoms with E-state index in [2.05, 4.69) is 50.0 Å². The summed E-state index contributed by atoms with van der Waals surface area (Å²) in [5.74, 6) is 1.12. The Kier molecular flexibility index (Phi) is 4.11. The fraction of sp³-hybridized carbons (Fsp3) is 0.286. The first-order chi connectivity index (χ1) is 14.2. The summed E-state index contributed by atoms with van der Waals surface area (Å²) < 4.78 is 5.49. The van der Waals surface area contributed by atoms with Gasteiger partial charge in [0.05, 0.1) is 29.2 Å². The number of aromatic amines is 2. The molecule has 146 valence electrons. The Hall–Kier alpha value is -3.57. The number of nitriles is 1. The van der Waals surface area contributed by atoms with Gasteiger partial charge in [0.1, 0.15) is 17.5 Å². The third-order valence-electron chi connectivity index (χ3n) is 5.58. The van der Waals surface area contributed by atoms with Gasteiger partial charge >= 0.3 is 0 Å². The molecule has 0 unspecified atom stereocenters. The van der Waals surface area contributed by atoms with Crippen molar-refractivity contribution in [3.8, 4) is 23.3 Å². The molecule has 8 nitrogen and oxygen atoms in total. The van der Waals surface area contributed by atoms with E-state index in [4.69, 9.17) is 9.72 Å². The number of pyridine rings is 1. The van der Waals surface area contributed by atoms with E-state index < -0.39 is 0 Å². The summed E-state index contributed by atoms with van der Waals surface area (Å²) >= 11 is 0. The van der Waals surface area contributed by atoms with Gasteiger partial charge in [-0.1, -0.05) is 0 Å². The van der Waals surface area contributed by atoms with Gasteiger partial charge < -0.3 is 24.5 Å². The molecule has 4 heterocycles. The number of hydrogen-bond donors (Lipinski definition) is 2. The molecule has 1 saturated heterocycles. The summed E-state index contributed by atoms with van der Waals surface area (Å²) in [5.41, 5.74) is 5.09. The van der Waals surface area contributed by atoms with Crippen LogP contribution in [0.1, 0.15) is 5.56 Å². The fourth-order valence-electron chi connectivity index (χ4n) is 3.91. The maximum atomic E-state index is 9.34. The third kappa shape index (κ3) is 2.87. The van der Waals surface area contributed by atoms with Crippen molar-refractivity contribution in [3.05, 3.63) is 36.2 Å². The van der Waals surface area contributed by atoms with Crippen LogP contribution in [-0.2, 0) is 0 Å². The molecule has 1 aliphatic rings. The highest BCUT2D eigenvalue weighted by Gasteiger charge is 2.20. The molecule has 0 saturated carbocycles. The quantitative estimate of drug-likeness (QED) is 0.561. The van der Waals surface area contributed by atoms with Crippen molar-refractivity contribution in [1.29, 1.82) is 5.26 Å². The summed E-state index contributed by atoms with van der Waals surface area (Å²) in [7, 11) is 3.74. The molecule has 5 rings (SSSR count). The van der Waals surface area contributed by atoms with Gasteiger partial charge in [-0.05, 0) is 25.2 Å². The number of aromatic nitrogens is 4. The average Bonchev–Trinajstić information content (AvgIpc) is 3.36. The summed E-state index contributed by atoms with van der Waals surface area (Å²) in [6.45, 7) is 4.15. The predicted octanol–water partition coefficient (Wildman–Crippen LogP) is 2.74. The summed E-state index contributed by atoms with van der Waals surface area (Å²) in [6.07, 6.45) is 3.34. The van der Waals surface area contributed by atoms with Crippen molar-refractivity contribution in [1.82, 2.24) is 24.8 Å². The first-order valence-electron chi connectivity index (χ1n) is 9.55. The zero-order valence-electron chi connectivity index (χ0n) is 16.4. The van der Waals surface area contributed by atoms with E-state index in [1.165, 1.54) is 5.69 Å². The molecule has 0 bridgehead atoms. The van der Waals surface area contributed by atoms with Crippen LogP contribution in [-0.4, -0.2) is 65.2 Å². The minimum absolute atomic E-state index is 0.460. The first-order valence-corrected chi connectivity index (χ1v) is 9.55. The molecule has 29 heavy (non-hydrogen) atoms. The highest BCUT2D eigenvalue weighted by atomic mass is 16.5. The Morgan fingerprint density at radius 3 is 2.79 bits per heavy atom. The molecule has 0 spiro atoms. The number of rotatable bonds is 3. The van der Waals surface area contributed by atoms with Crippen molar-refractivity contribution in [2.24, 2.45) is 0 Å². The van der Waals surface area contributed by atoms with Gasteiger partial charge in [-0.2, -0.15) is 5.26 Å². The summed E-state index contributed by atoms with van der Waals surface area (Å²) in [6, 6.07) is 8.50. The van der Waals surface area contributed by atoms with Crippen LogP contribution in [0.3, 0.4) is 0 Å². The van der Waals surface area contributed by atoms with Crippen molar-refractivity contribution in [2.45, 2.75) is 0 Å². The minimum atomic E-state index is 0.460. The average molecular weight is 387 g/mol. The number of fused-ring (bicyclic) bond motifs is 2. The Morgan fingerprint density at radius 1 is 1.21 bits per heavy atom. The second kappa shape index (κ2) is 6.79. The number of nitrogens with zero attached hydrogens (tertiary/aromatic N) is 5. The van der Waals surface area contributed by atoms with Crippen LogP contribution < -0.4 is 9.64 Å². The molecule has 3 aromatic heterocycles. The molecule has 0 aliphatic carbocycles. The number of benzene rings is 1. The van der Waals surface area contributed by atoms with Crippen molar-refractivity contribution < 1.29 is 4.74 Å². The van der Waals surface area contributed by atoms with Gasteiger partial charge in [0, 0.05) is 49.6 Å². The molecule has 1 aromatic carbocycles. The van der Waals surface area contributed by atoms with E-state index in [1.807, 2.05) is 6.07 Å². The number of hydrogen-bond acceptors (Lipinski definition) is 6. The number of likely N-dealkylation sites (N-methyl/N-ethyl adjacent to an activating group) is 1. The molecular formula is C21H21N7O. The van der Waals surface area contributed by atoms with Crippen LogP contribution in [0.15, 0.2) is 30.6 Å². The van der Waals surface area contributed by atoms with Gasteiger partial charge in [0.2, 0.25) is 5.88 Å². The molecule has 2 N–H and O–H groups in total. The Balaban J connectivity index is 1.61. The molecule has 0 radical (unpaired) electrons. The van der Waals surface area contributed by atoms with Crippen LogP contribution in [0, 0.1) is 11.3 Å². The first kappa shape index (κ1) is 17.5. The molecule has 1 aliphatic heterocycles. The predicted molar refractivity (Wildman–Crippen MR) is 112 cm³/mol. The van der Waals surface area contributed by atoms with Gasteiger partial charge in [0.15, 0.2) is 0 Å². The largest absolute Gasteiger partial charge is 0.480 e. The zero-order valence-corrected chi connectivity index (χ0v) is 16.4. The SMILES string of the molecule is COc1ncc2c(C#N)c[nH]c2c1-c1nc2ccc(N3CCN(C)CC3)cc2[nH]1. The van der Waals surface area contributed by atoms with Gasteiger partial charge in [-0.3, -0.25) is 0 Å². The van der Waals surface area contributed by atoms with Gasteiger partial charge in [-0.15, -0.1) is 0 Å². The number of nitrogens with one attached hydrogen (secondary N) is 2. The Labute approximate surface area is 167 Å². The third-order valence-corrected chi connectivity index (χ3v) is 5.58. The summed E-state index contributed by atoms with van der Waals surface area (Å²) in [4.78, 5) is 20.5. The van der Waals surface area contributed by atoms with Crippen molar-refractivity contribution in [2.75, 3.05) is 45.2 Å². The van der Waals surface area contributed by atoms with E-state index in [9.17, 15) is 5.26 Å². The van der Waals surface area contributed by atoms with Crippen LogP contribution in [0.4, 0.5) is 5.69 Å². The number of methoxy groups -OCH3 is 1. The smallest absolute Gasteiger partial charge is 0.226 e. The molecule has 0 amide bonds. The highest BCUT2D eigenvalue weighted by molar-refractivity contribution is 5.98. The van der Waals surface area contributed by atoms with Crippen molar-refractivity contribution in [3.63, 3.8) is 0 Å². The van der Waals surface area contributed by atoms with E-state index in [0.717, 1.165) is 53.7 Å². The summed E-state index contributed by atoms with van der Waals surface area (Å²) in [5, 5.41) is 10.1. The Bertz CT molecular complexity index is 1240. The second-order valence-electron chi connectivity index (χ2n) is 7.32. The maximum absolute atomic E-state index is 9.34. The number of anilines is 1. The molecular weight excluding hydrogens is 366 g/mol. The lowest BCUT2D eigenvalue weighted by atomic mass is 10.1. The maximum Gasteiger partial charge on any atom is 0.226 e. The van der Waals surface area contributed by atoms with Crippen LogP contribution >= 0.6 is 0 Å². The monoisotopic (exact) mass is 387 g/mol. The lowest BCUT2D eigenvalue weighted by Gasteiger charge is -2.34. The highest BCUT2D eigenvalue weighted by Crippen LogP contribution is 2.35. The van der Waals surface area contributed by atoms with E-state index in [0.29, 0.717) is 17.3 Å². The molecule has 1 fully saturated rings. The second-order valence-corrected chi connectivity index (χ2v) is 7.32. The normalized spacial score (nSPS) is 15.1. The number of imidazole rings is 1. The Morgan fingerprint density at radius 2 is 2.03 bits per heavy atom. The zero-order chi connectivity index (χ0) is 20.0. The van der Waals surface area contributed by atoms with E-state index >= 15 is 0 Å². The standard InChI is InChI=1S/C21H21N7O/c1-27-5-7-28(8-6-27)14-3-4-16-17(9-14)26-20(25-16)18-19-15(12-24-21(18)29-2)13(10-22)11-23-19/h3-4,9,11-12,23H,5-8H2,1-2H3,(H,25,26).